The Morgan fingerprint density at radius 1 is 1.29 bits per heavy atom. The topological polar surface area (TPSA) is 29.9 Å². The molecule has 0 saturated heterocycles. The van der Waals surface area contributed by atoms with E-state index in [-0.39, 0.29) is 5.41 Å². The highest BCUT2D eigenvalue weighted by molar-refractivity contribution is 5.67. The Morgan fingerprint density at radius 2 is 2.05 bits per heavy atom. The standard InChI is InChI=1S/C18H25N3/c1-18(2,3)17-16(12-21(4)20-17)14-7-5-6-13(10-14)11-19-15-8-9-15/h5-7,10,12,15,19H,8-9,11H2,1-4H3. The van der Waals surface area contributed by atoms with Crippen molar-refractivity contribution >= 4 is 0 Å². The maximum Gasteiger partial charge on any atom is 0.0756 e. The lowest BCUT2D eigenvalue weighted by Crippen LogP contribution is -2.15. The minimum Gasteiger partial charge on any atom is -0.310 e. The van der Waals surface area contributed by atoms with Crippen molar-refractivity contribution in [2.75, 3.05) is 0 Å². The molecule has 1 saturated carbocycles. The predicted molar refractivity (Wildman–Crippen MR) is 87.2 cm³/mol. The van der Waals surface area contributed by atoms with Gasteiger partial charge in [0.25, 0.3) is 0 Å². The van der Waals surface area contributed by atoms with Gasteiger partial charge in [-0.25, -0.2) is 0 Å². The third kappa shape index (κ3) is 3.35. The maximum atomic E-state index is 4.67. The van der Waals surface area contributed by atoms with Crippen LogP contribution in [0.15, 0.2) is 30.5 Å². The van der Waals surface area contributed by atoms with E-state index in [1.165, 1.54) is 29.5 Å². The van der Waals surface area contributed by atoms with Gasteiger partial charge in [-0.1, -0.05) is 39.0 Å². The van der Waals surface area contributed by atoms with Gasteiger partial charge in [-0.3, -0.25) is 4.68 Å². The molecule has 1 heterocycles. The van der Waals surface area contributed by atoms with E-state index in [9.17, 15) is 0 Å². The SMILES string of the molecule is Cn1cc(-c2cccc(CNC3CC3)c2)c(C(C)(C)C)n1. The lowest BCUT2D eigenvalue weighted by Gasteiger charge is -2.17. The number of aromatic nitrogens is 2. The van der Waals surface area contributed by atoms with Gasteiger partial charge in [0, 0.05) is 36.8 Å². The smallest absolute Gasteiger partial charge is 0.0756 e. The predicted octanol–water partition coefficient (Wildman–Crippen LogP) is 3.64. The maximum absolute atomic E-state index is 4.67. The van der Waals surface area contributed by atoms with E-state index in [4.69, 9.17) is 0 Å². The molecule has 0 spiro atoms. The van der Waals surface area contributed by atoms with E-state index in [1.807, 2.05) is 11.7 Å². The summed E-state index contributed by atoms with van der Waals surface area (Å²) in [5.74, 6) is 0. The second-order valence-electron chi connectivity index (χ2n) is 7.17. The van der Waals surface area contributed by atoms with Gasteiger partial charge in [0.05, 0.1) is 5.69 Å². The molecule has 21 heavy (non-hydrogen) atoms. The molecule has 0 bridgehead atoms. The Balaban J connectivity index is 1.90. The Morgan fingerprint density at radius 3 is 2.71 bits per heavy atom. The third-order valence-corrected chi connectivity index (χ3v) is 3.95. The van der Waals surface area contributed by atoms with Gasteiger partial charge in [-0.15, -0.1) is 0 Å². The molecule has 3 heteroatoms. The zero-order valence-corrected chi connectivity index (χ0v) is 13.5. The van der Waals surface area contributed by atoms with Gasteiger partial charge in [0.1, 0.15) is 0 Å². The number of hydrogen-bond acceptors (Lipinski definition) is 2. The third-order valence-electron chi connectivity index (χ3n) is 3.95. The molecular weight excluding hydrogens is 258 g/mol. The average molecular weight is 283 g/mol. The van der Waals surface area contributed by atoms with Crippen molar-refractivity contribution in [2.24, 2.45) is 7.05 Å². The number of aryl methyl sites for hydroxylation is 1. The van der Waals surface area contributed by atoms with Crippen molar-refractivity contribution in [1.82, 2.24) is 15.1 Å². The van der Waals surface area contributed by atoms with Gasteiger partial charge >= 0.3 is 0 Å². The van der Waals surface area contributed by atoms with Crippen LogP contribution in [-0.4, -0.2) is 15.8 Å². The van der Waals surface area contributed by atoms with Crippen molar-refractivity contribution in [3.63, 3.8) is 0 Å². The van der Waals surface area contributed by atoms with Crippen LogP contribution in [0.1, 0.15) is 44.9 Å². The lowest BCUT2D eigenvalue weighted by molar-refractivity contribution is 0.554. The van der Waals surface area contributed by atoms with Crippen LogP contribution in [0.2, 0.25) is 0 Å². The zero-order valence-electron chi connectivity index (χ0n) is 13.5. The highest BCUT2D eigenvalue weighted by Crippen LogP contribution is 2.32. The van der Waals surface area contributed by atoms with E-state index in [1.54, 1.807) is 0 Å². The van der Waals surface area contributed by atoms with Crippen LogP contribution in [-0.2, 0) is 19.0 Å². The molecule has 0 amide bonds. The van der Waals surface area contributed by atoms with E-state index in [0.29, 0.717) is 0 Å². The highest BCUT2D eigenvalue weighted by Gasteiger charge is 2.23. The molecule has 0 radical (unpaired) electrons. The Bertz CT molecular complexity index is 630. The Labute approximate surface area is 127 Å². The van der Waals surface area contributed by atoms with Crippen molar-refractivity contribution in [3.05, 3.63) is 41.7 Å². The average Bonchev–Trinajstić information content (AvgIpc) is 3.16. The quantitative estimate of drug-likeness (QED) is 0.928. The minimum atomic E-state index is 0.0544. The van der Waals surface area contributed by atoms with Crippen LogP contribution >= 0.6 is 0 Å². The minimum absolute atomic E-state index is 0.0544. The highest BCUT2D eigenvalue weighted by atomic mass is 15.3. The molecule has 3 rings (SSSR count). The first-order chi connectivity index (χ1) is 9.93. The van der Waals surface area contributed by atoms with Gasteiger partial charge in [0.2, 0.25) is 0 Å². The number of benzene rings is 1. The summed E-state index contributed by atoms with van der Waals surface area (Å²) in [5, 5.41) is 8.25. The molecule has 1 aromatic heterocycles. The molecule has 1 fully saturated rings. The molecular formula is C18H25N3. The Kier molecular flexibility index (Phi) is 3.62. The molecule has 3 nitrogen and oxygen atoms in total. The molecule has 0 aliphatic heterocycles. The summed E-state index contributed by atoms with van der Waals surface area (Å²) < 4.78 is 1.92. The molecule has 0 atom stereocenters. The van der Waals surface area contributed by atoms with E-state index < -0.39 is 0 Å². The van der Waals surface area contributed by atoms with Gasteiger partial charge in [0.15, 0.2) is 0 Å². The van der Waals surface area contributed by atoms with Crippen molar-refractivity contribution < 1.29 is 0 Å². The summed E-state index contributed by atoms with van der Waals surface area (Å²) >= 11 is 0. The molecule has 1 aliphatic carbocycles. The van der Waals surface area contributed by atoms with Crippen molar-refractivity contribution in [1.29, 1.82) is 0 Å². The number of rotatable bonds is 4. The van der Waals surface area contributed by atoms with E-state index in [2.05, 4.69) is 61.6 Å². The summed E-state index contributed by atoms with van der Waals surface area (Å²) in [4.78, 5) is 0. The van der Waals surface area contributed by atoms with E-state index in [0.717, 1.165) is 18.3 Å². The summed E-state index contributed by atoms with van der Waals surface area (Å²) in [6.07, 6.45) is 4.79. The molecule has 0 unspecified atom stereocenters. The zero-order chi connectivity index (χ0) is 15.0. The van der Waals surface area contributed by atoms with Crippen molar-refractivity contribution in [2.45, 2.75) is 51.6 Å². The van der Waals surface area contributed by atoms with Gasteiger partial charge in [-0.05, 0) is 30.0 Å². The monoisotopic (exact) mass is 283 g/mol. The Hall–Kier alpha value is -1.61. The first kappa shape index (κ1) is 14.3. The largest absolute Gasteiger partial charge is 0.310 e. The number of nitrogens with zero attached hydrogens (tertiary/aromatic N) is 2. The molecule has 1 N–H and O–H groups in total. The molecule has 112 valence electrons. The second kappa shape index (κ2) is 5.30. The lowest BCUT2D eigenvalue weighted by atomic mass is 9.87. The van der Waals surface area contributed by atoms with Crippen LogP contribution in [0.4, 0.5) is 0 Å². The molecule has 1 aromatic carbocycles. The first-order valence-corrected chi connectivity index (χ1v) is 7.80. The second-order valence-corrected chi connectivity index (χ2v) is 7.17. The van der Waals surface area contributed by atoms with Gasteiger partial charge < -0.3 is 5.32 Å². The van der Waals surface area contributed by atoms with Crippen LogP contribution in [0.5, 0.6) is 0 Å². The van der Waals surface area contributed by atoms with Gasteiger partial charge in [-0.2, -0.15) is 5.10 Å². The molecule has 2 aromatic rings. The number of nitrogens with one attached hydrogen (secondary N) is 1. The number of hydrogen-bond donors (Lipinski definition) is 1. The fourth-order valence-corrected chi connectivity index (χ4v) is 2.65. The fourth-order valence-electron chi connectivity index (χ4n) is 2.65. The van der Waals surface area contributed by atoms with Crippen LogP contribution < -0.4 is 5.32 Å². The van der Waals surface area contributed by atoms with Crippen molar-refractivity contribution in [3.8, 4) is 11.1 Å². The fraction of sp³-hybridized carbons (Fsp3) is 0.500. The first-order valence-electron chi connectivity index (χ1n) is 7.80. The van der Waals surface area contributed by atoms with Crippen LogP contribution in [0, 0.1) is 0 Å². The summed E-state index contributed by atoms with van der Waals surface area (Å²) in [6, 6.07) is 9.58. The summed E-state index contributed by atoms with van der Waals surface area (Å²) in [7, 11) is 2.00. The summed E-state index contributed by atoms with van der Waals surface area (Å²) in [6.45, 7) is 7.62. The molecule has 1 aliphatic rings. The van der Waals surface area contributed by atoms with Crippen LogP contribution in [0.25, 0.3) is 11.1 Å². The normalized spacial score (nSPS) is 15.4. The summed E-state index contributed by atoms with van der Waals surface area (Å²) in [5.41, 5.74) is 5.08. The van der Waals surface area contributed by atoms with E-state index >= 15 is 0 Å². The van der Waals surface area contributed by atoms with Crippen LogP contribution in [0.3, 0.4) is 0 Å².